The van der Waals surface area contributed by atoms with Crippen molar-refractivity contribution in [2.75, 3.05) is 13.1 Å². The van der Waals surface area contributed by atoms with E-state index in [-0.39, 0.29) is 22.8 Å². The molecule has 1 heterocycles. The maximum Gasteiger partial charge on any atom is 0.267 e. The first-order valence-corrected chi connectivity index (χ1v) is 11.3. The fourth-order valence-corrected chi connectivity index (χ4v) is 5.92. The molecular formula is C21H27N3O4S. The highest BCUT2D eigenvalue weighted by molar-refractivity contribution is 7.90. The van der Waals surface area contributed by atoms with Crippen LogP contribution in [0.25, 0.3) is 10.8 Å². The molecule has 8 heteroatoms. The summed E-state index contributed by atoms with van der Waals surface area (Å²) in [6.45, 7) is 5.11. The molecule has 2 unspecified atom stereocenters. The number of benzene rings is 2. The van der Waals surface area contributed by atoms with Crippen LogP contribution in [0.2, 0.25) is 0 Å². The summed E-state index contributed by atoms with van der Waals surface area (Å²) in [7, 11) is -4.12. The van der Waals surface area contributed by atoms with Crippen molar-refractivity contribution in [2.24, 2.45) is 11.7 Å². The van der Waals surface area contributed by atoms with Crippen LogP contribution in [0.1, 0.15) is 43.5 Å². The number of carbonyl (C=O) groups excluding carboxylic acids is 2. The number of rotatable bonds is 6. The summed E-state index contributed by atoms with van der Waals surface area (Å²) in [5.41, 5.74) is 5.71. The van der Waals surface area contributed by atoms with Gasteiger partial charge in [-0.2, -0.15) is 0 Å². The molecule has 1 aliphatic heterocycles. The molecule has 1 fully saturated rings. The van der Waals surface area contributed by atoms with Gasteiger partial charge in [0.2, 0.25) is 11.8 Å². The van der Waals surface area contributed by atoms with E-state index in [9.17, 15) is 18.0 Å². The molecule has 2 amide bonds. The molecule has 0 spiro atoms. The Morgan fingerprint density at radius 1 is 1.17 bits per heavy atom. The number of nitrogens with one attached hydrogen (secondary N) is 1. The SMILES string of the molecule is CCCC(=O)N(C1CCNCC1C)S(=O)(=O)c1ccc(C(N)=O)c2ccccc12. The summed E-state index contributed by atoms with van der Waals surface area (Å²) in [4.78, 5) is 24.8. The van der Waals surface area contributed by atoms with Gasteiger partial charge in [-0.25, -0.2) is 12.7 Å². The first kappa shape index (κ1) is 21.3. The molecular weight excluding hydrogens is 390 g/mol. The average molecular weight is 418 g/mol. The number of carbonyl (C=O) groups is 2. The van der Waals surface area contributed by atoms with E-state index in [1.807, 2.05) is 13.8 Å². The molecule has 2 aromatic carbocycles. The molecule has 0 aromatic heterocycles. The Kier molecular flexibility index (Phi) is 6.24. The van der Waals surface area contributed by atoms with Crippen molar-refractivity contribution < 1.29 is 18.0 Å². The molecule has 2 aromatic rings. The predicted octanol–water partition coefficient (Wildman–Crippen LogP) is 2.25. The smallest absolute Gasteiger partial charge is 0.267 e. The van der Waals surface area contributed by atoms with E-state index in [4.69, 9.17) is 5.73 Å². The second-order valence-corrected chi connectivity index (χ2v) is 9.29. The number of fused-ring (bicyclic) bond motifs is 1. The minimum absolute atomic E-state index is 0.00418. The van der Waals surface area contributed by atoms with E-state index >= 15 is 0 Å². The molecule has 0 saturated carbocycles. The number of hydrogen-bond acceptors (Lipinski definition) is 5. The Morgan fingerprint density at radius 3 is 2.48 bits per heavy atom. The van der Waals surface area contributed by atoms with Crippen LogP contribution in [-0.4, -0.2) is 43.7 Å². The molecule has 3 N–H and O–H groups in total. The minimum Gasteiger partial charge on any atom is -0.366 e. The fourth-order valence-electron chi connectivity index (χ4n) is 3.99. The first-order chi connectivity index (χ1) is 13.8. The maximum atomic E-state index is 13.8. The van der Waals surface area contributed by atoms with Crippen molar-refractivity contribution in [3.05, 3.63) is 42.0 Å². The Hall–Kier alpha value is -2.45. The zero-order chi connectivity index (χ0) is 21.2. The number of amides is 2. The first-order valence-electron chi connectivity index (χ1n) is 9.88. The van der Waals surface area contributed by atoms with Gasteiger partial charge in [-0.05, 0) is 49.4 Å². The van der Waals surface area contributed by atoms with E-state index in [1.54, 1.807) is 24.3 Å². The highest BCUT2D eigenvalue weighted by Crippen LogP contribution is 2.32. The van der Waals surface area contributed by atoms with Crippen LogP contribution in [0.5, 0.6) is 0 Å². The van der Waals surface area contributed by atoms with Crippen molar-refractivity contribution in [1.29, 1.82) is 0 Å². The lowest BCUT2D eigenvalue weighted by Crippen LogP contribution is -2.53. The Morgan fingerprint density at radius 2 is 1.86 bits per heavy atom. The van der Waals surface area contributed by atoms with Crippen LogP contribution < -0.4 is 11.1 Å². The summed E-state index contributed by atoms with van der Waals surface area (Å²) >= 11 is 0. The van der Waals surface area contributed by atoms with Crippen molar-refractivity contribution in [2.45, 2.75) is 44.0 Å². The highest BCUT2D eigenvalue weighted by atomic mass is 32.2. The minimum atomic E-state index is -4.12. The monoisotopic (exact) mass is 417 g/mol. The van der Waals surface area contributed by atoms with Gasteiger partial charge < -0.3 is 11.1 Å². The van der Waals surface area contributed by atoms with Crippen LogP contribution in [0, 0.1) is 5.92 Å². The Labute approximate surface area is 171 Å². The van der Waals surface area contributed by atoms with Gasteiger partial charge in [0, 0.05) is 17.4 Å². The van der Waals surface area contributed by atoms with Crippen molar-refractivity contribution in [3.8, 4) is 0 Å². The molecule has 3 rings (SSSR count). The van der Waals surface area contributed by atoms with Gasteiger partial charge in [-0.3, -0.25) is 9.59 Å². The number of nitrogens with two attached hydrogens (primary N) is 1. The second-order valence-electron chi connectivity index (χ2n) is 7.50. The topological polar surface area (TPSA) is 110 Å². The van der Waals surface area contributed by atoms with Gasteiger partial charge >= 0.3 is 0 Å². The van der Waals surface area contributed by atoms with E-state index < -0.39 is 27.9 Å². The number of hydrogen-bond donors (Lipinski definition) is 2. The van der Waals surface area contributed by atoms with Crippen molar-refractivity contribution in [1.82, 2.24) is 9.62 Å². The lowest BCUT2D eigenvalue weighted by molar-refractivity contribution is -0.129. The maximum absolute atomic E-state index is 13.8. The van der Waals surface area contributed by atoms with E-state index in [2.05, 4.69) is 5.32 Å². The van der Waals surface area contributed by atoms with Crippen LogP contribution in [0.15, 0.2) is 41.3 Å². The standard InChI is InChI=1S/C21H27N3O4S/c1-3-6-20(25)24(18-11-12-23-13-14(18)2)29(27,28)19-10-9-17(21(22)26)15-7-4-5-8-16(15)19/h4-5,7-10,14,18,23H,3,6,11-13H2,1-2H3,(H2,22,26). The van der Waals surface area contributed by atoms with Gasteiger partial charge in [0.1, 0.15) is 0 Å². The van der Waals surface area contributed by atoms with Gasteiger partial charge in [-0.15, -0.1) is 0 Å². The predicted molar refractivity (Wildman–Crippen MR) is 112 cm³/mol. The lowest BCUT2D eigenvalue weighted by Gasteiger charge is -2.38. The average Bonchev–Trinajstić information content (AvgIpc) is 2.68. The molecule has 0 aliphatic carbocycles. The molecule has 1 saturated heterocycles. The molecule has 2 atom stereocenters. The third-order valence-electron chi connectivity index (χ3n) is 5.44. The lowest BCUT2D eigenvalue weighted by atomic mass is 9.95. The van der Waals surface area contributed by atoms with E-state index in [1.165, 1.54) is 12.1 Å². The summed E-state index contributed by atoms with van der Waals surface area (Å²) in [6.07, 6.45) is 1.28. The number of sulfonamides is 1. The van der Waals surface area contributed by atoms with Gasteiger partial charge in [0.05, 0.1) is 10.9 Å². The molecule has 0 radical (unpaired) electrons. The molecule has 29 heavy (non-hydrogen) atoms. The van der Waals surface area contributed by atoms with E-state index in [0.29, 0.717) is 36.7 Å². The zero-order valence-corrected chi connectivity index (χ0v) is 17.5. The molecule has 156 valence electrons. The van der Waals surface area contributed by atoms with Crippen LogP contribution >= 0.6 is 0 Å². The third-order valence-corrected chi connectivity index (χ3v) is 7.34. The number of primary amides is 1. The Bertz CT molecular complexity index is 1040. The van der Waals surface area contributed by atoms with Crippen LogP contribution in [-0.2, 0) is 14.8 Å². The van der Waals surface area contributed by atoms with Crippen LogP contribution in [0.4, 0.5) is 0 Å². The third kappa shape index (κ3) is 4.00. The summed E-state index contributed by atoms with van der Waals surface area (Å²) in [5, 5.41) is 4.10. The summed E-state index contributed by atoms with van der Waals surface area (Å²) in [6, 6.07) is 9.14. The van der Waals surface area contributed by atoms with Gasteiger partial charge in [0.15, 0.2) is 0 Å². The second kappa shape index (κ2) is 8.51. The van der Waals surface area contributed by atoms with Crippen molar-refractivity contribution >= 4 is 32.6 Å². The number of piperidine rings is 1. The fraction of sp³-hybridized carbons (Fsp3) is 0.429. The van der Waals surface area contributed by atoms with Gasteiger partial charge in [0.25, 0.3) is 10.0 Å². The Balaban J connectivity index is 2.20. The highest BCUT2D eigenvalue weighted by Gasteiger charge is 2.39. The van der Waals surface area contributed by atoms with E-state index in [0.717, 1.165) is 4.31 Å². The zero-order valence-electron chi connectivity index (χ0n) is 16.7. The molecule has 7 nitrogen and oxygen atoms in total. The largest absolute Gasteiger partial charge is 0.366 e. The van der Waals surface area contributed by atoms with Gasteiger partial charge in [-0.1, -0.05) is 38.1 Å². The summed E-state index contributed by atoms with van der Waals surface area (Å²) in [5.74, 6) is -1.03. The summed E-state index contributed by atoms with van der Waals surface area (Å²) < 4.78 is 28.6. The molecule has 0 bridgehead atoms. The van der Waals surface area contributed by atoms with Crippen molar-refractivity contribution in [3.63, 3.8) is 0 Å². The van der Waals surface area contributed by atoms with Crippen LogP contribution in [0.3, 0.4) is 0 Å². The molecule has 1 aliphatic rings. The quantitative estimate of drug-likeness (QED) is 0.749. The normalized spacial score (nSPS) is 19.8. The number of nitrogens with zero attached hydrogens (tertiary/aromatic N) is 1.